The van der Waals surface area contributed by atoms with E-state index in [1.165, 1.54) is 20.0 Å². The highest BCUT2D eigenvalue weighted by Crippen LogP contribution is 2.22. The van der Waals surface area contributed by atoms with Crippen molar-refractivity contribution in [3.05, 3.63) is 41.6 Å². The van der Waals surface area contributed by atoms with Crippen LogP contribution < -0.4 is 5.32 Å². The van der Waals surface area contributed by atoms with Crippen LogP contribution in [0.25, 0.3) is 0 Å². The van der Waals surface area contributed by atoms with E-state index in [9.17, 15) is 14.4 Å². The van der Waals surface area contributed by atoms with E-state index in [0.29, 0.717) is 17.9 Å². The number of cyclic esters (lactones) is 2. The van der Waals surface area contributed by atoms with Gasteiger partial charge in [-0.05, 0) is 30.7 Å². The Morgan fingerprint density at radius 2 is 1.76 bits per heavy atom. The van der Waals surface area contributed by atoms with Crippen LogP contribution in [0.4, 0.5) is 5.69 Å². The summed E-state index contributed by atoms with van der Waals surface area (Å²) in [5.41, 5.74) is 0.776. The Balaban J connectivity index is 1.98. The van der Waals surface area contributed by atoms with Crippen molar-refractivity contribution in [1.82, 2.24) is 0 Å². The van der Waals surface area contributed by atoms with Crippen LogP contribution in [0.15, 0.2) is 36.0 Å². The van der Waals surface area contributed by atoms with Crippen LogP contribution in [0.2, 0.25) is 0 Å². The molecule has 1 aliphatic heterocycles. The van der Waals surface area contributed by atoms with Gasteiger partial charge in [0.15, 0.2) is 5.57 Å². The number of rotatable bonds is 6. The fourth-order valence-electron chi connectivity index (χ4n) is 2.03. The Hall–Kier alpha value is -2.83. The molecule has 0 spiro atoms. The van der Waals surface area contributed by atoms with E-state index in [2.05, 4.69) is 5.32 Å². The minimum Gasteiger partial charge on any atom is -0.462 e. The van der Waals surface area contributed by atoms with Gasteiger partial charge in [0.05, 0.1) is 12.2 Å². The van der Waals surface area contributed by atoms with E-state index in [4.69, 9.17) is 14.2 Å². The molecule has 1 N–H and O–H groups in total. The van der Waals surface area contributed by atoms with E-state index in [1.54, 1.807) is 24.3 Å². The third-order valence-corrected chi connectivity index (χ3v) is 3.35. The third kappa shape index (κ3) is 5.07. The quantitative estimate of drug-likeness (QED) is 0.366. The van der Waals surface area contributed by atoms with E-state index in [-0.39, 0.29) is 11.5 Å². The minimum absolute atomic E-state index is 0.234. The second-order valence-electron chi connectivity index (χ2n) is 5.95. The van der Waals surface area contributed by atoms with Gasteiger partial charge < -0.3 is 19.5 Å². The zero-order valence-corrected chi connectivity index (χ0v) is 14.5. The lowest BCUT2D eigenvalue weighted by Gasteiger charge is -2.29. The van der Waals surface area contributed by atoms with Gasteiger partial charge in [-0.2, -0.15) is 0 Å². The average molecular weight is 347 g/mol. The smallest absolute Gasteiger partial charge is 0.350 e. The second kappa shape index (κ2) is 7.83. The molecule has 1 aromatic carbocycles. The van der Waals surface area contributed by atoms with Crippen LogP contribution in [0.1, 0.15) is 44.0 Å². The van der Waals surface area contributed by atoms with Crippen LogP contribution in [0.3, 0.4) is 0 Å². The number of carbonyl (C=O) groups excluding carboxylic acids is 3. The number of anilines is 1. The molecule has 0 saturated carbocycles. The van der Waals surface area contributed by atoms with Crippen LogP contribution in [-0.4, -0.2) is 30.3 Å². The van der Waals surface area contributed by atoms with Crippen LogP contribution >= 0.6 is 0 Å². The van der Waals surface area contributed by atoms with Crippen molar-refractivity contribution in [3.63, 3.8) is 0 Å². The number of hydrogen-bond donors (Lipinski definition) is 1. The Morgan fingerprint density at radius 1 is 1.16 bits per heavy atom. The molecule has 0 amide bonds. The molecule has 0 radical (unpaired) electrons. The van der Waals surface area contributed by atoms with E-state index in [0.717, 1.165) is 12.8 Å². The number of esters is 3. The molecule has 7 nitrogen and oxygen atoms in total. The summed E-state index contributed by atoms with van der Waals surface area (Å²) >= 11 is 0. The SMILES string of the molecule is CCCCOC(=O)c1ccc(NC=C2C(=O)OC(C)(C)OC2=O)cc1. The lowest BCUT2D eigenvalue weighted by atomic mass is 10.2. The van der Waals surface area contributed by atoms with Crippen molar-refractivity contribution in [2.75, 3.05) is 11.9 Å². The molecule has 0 unspecified atom stereocenters. The molecule has 7 heteroatoms. The van der Waals surface area contributed by atoms with E-state index >= 15 is 0 Å². The molecule has 1 heterocycles. The Bertz CT molecular complexity index is 668. The number of unbranched alkanes of at least 4 members (excludes halogenated alkanes) is 1. The molecular weight excluding hydrogens is 326 g/mol. The van der Waals surface area contributed by atoms with Gasteiger partial charge in [0, 0.05) is 25.7 Å². The van der Waals surface area contributed by atoms with E-state index in [1.807, 2.05) is 6.92 Å². The van der Waals surface area contributed by atoms with Gasteiger partial charge >= 0.3 is 17.9 Å². The van der Waals surface area contributed by atoms with Crippen molar-refractivity contribution in [3.8, 4) is 0 Å². The standard InChI is InChI=1S/C18H21NO6/c1-4-5-10-23-15(20)12-6-8-13(9-7-12)19-11-14-16(21)24-18(2,3)25-17(14)22/h6-9,11,19H,4-5,10H2,1-3H3. The zero-order chi connectivity index (χ0) is 18.4. The molecule has 1 aromatic rings. The molecule has 0 bridgehead atoms. The second-order valence-corrected chi connectivity index (χ2v) is 5.95. The lowest BCUT2D eigenvalue weighted by Crippen LogP contribution is -2.42. The van der Waals surface area contributed by atoms with Gasteiger partial charge in [0.1, 0.15) is 0 Å². The summed E-state index contributed by atoms with van der Waals surface area (Å²) in [7, 11) is 0. The first-order valence-electron chi connectivity index (χ1n) is 8.03. The summed E-state index contributed by atoms with van der Waals surface area (Å²) in [6, 6.07) is 6.46. The normalized spacial score (nSPS) is 15.9. The summed E-state index contributed by atoms with van der Waals surface area (Å²) in [4.78, 5) is 35.4. The van der Waals surface area contributed by atoms with Crippen molar-refractivity contribution in [2.45, 2.75) is 39.4 Å². The number of nitrogens with one attached hydrogen (secondary N) is 1. The molecule has 1 aliphatic rings. The van der Waals surface area contributed by atoms with Gasteiger partial charge in [-0.1, -0.05) is 13.3 Å². The first-order chi connectivity index (χ1) is 11.8. The fourth-order valence-corrected chi connectivity index (χ4v) is 2.03. The largest absolute Gasteiger partial charge is 0.462 e. The summed E-state index contributed by atoms with van der Waals surface area (Å²) in [5, 5.41) is 2.81. The molecule has 1 fully saturated rings. The fraction of sp³-hybridized carbons (Fsp3) is 0.389. The van der Waals surface area contributed by atoms with Crippen LogP contribution in [0, 0.1) is 0 Å². The maximum Gasteiger partial charge on any atom is 0.350 e. The molecule has 134 valence electrons. The van der Waals surface area contributed by atoms with Crippen molar-refractivity contribution >= 4 is 23.6 Å². The number of carbonyl (C=O) groups is 3. The Morgan fingerprint density at radius 3 is 2.32 bits per heavy atom. The maximum atomic E-state index is 11.8. The monoisotopic (exact) mass is 347 g/mol. The first-order valence-corrected chi connectivity index (χ1v) is 8.03. The van der Waals surface area contributed by atoms with Crippen LogP contribution in [0.5, 0.6) is 0 Å². The number of benzene rings is 1. The van der Waals surface area contributed by atoms with E-state index < -0.39 is 17.7 Å². The molecule has 0 aliphatic carbocycles. The highest BCUT2D eigenvalue weighted by Gasteiger charge is 2.38. The summed E-state index contributed by atoms with van der Waals surface area (Å²) in [6.45, 7) is 5.36. The zero-order valence-electron chi connectivity index (χ0n) is 14.5. The third-order valence-electron chi connectivity index (χ3n) is 3.35. The Kier molecular flexibility index (Phi) is 5.80. The van der Waals surface area contributed by atoms with Crippen molar-refractivity contribution in [2.24, 2.45) is 0 Å². The lowest BCUT2D eigenvalue weighted by molar-refractivity contribution is -0.222. The summed E-state index contributed by atoms with van der Waals surface area (Å²) in [6.07, 6.45) is 2.99. The molecular formula is C18H21NO6. The highest BCUT2D eigenvalue weighted by molar-refractivity contribution is 6.15. The predicted octanol–water partition coefficient (Wildman–Crippen LogP) is 2.78. The topological polar surface area (TPSA) is 90.9 Å². The molecule has 1 saturated heterocycles. The van der Waals surface area contributed by atoms with Gasteiger partial charge in [0.25, 0.3) is 5.79 Å². The summed E-state index contributed by atoms with van der Waals surface area (Å²) < 4.78 is 15.1. The average Bonchev–Trinajstić information content (AvgIpc) is 2.53. The van der Waals surface area contributed by atoms with Gasteiger partial charge in [-0.3, -0.25) is 0 Å². The number of hydrogen-bond acceptors (Lipinski definition) is 7. The Labute approximate surface area is 145 Å². The number of ether oxygens (including phenoxy) is 3. The molecule has 25 heavy (non-hydrogen) atoms. The van der Waals surface area contributed by atoms with Crippen molar-refractivity contribution in [1.29, 1.82) is 0 Å². The maximum absolute atomic E-state index is 11.8. The molecule has 0 atom stereocenters. The van der Waals surface area contributed by atoms with Crippen molar-refractivity contribution < 1.29 is 28.6 Å². The molecule has 0 aromatic heterocycles. The van der Waals surface area contributed by atoms with Gasteiger partial charge in [-0.25, -0.2) is 14.4 Å². The van der Waals surface area contributed by atoms with Gasteiger partial charge in [0.2, 0.25) is 0 Å². The van der Waals surface area contributed by atoms with Crippen LogP contribution in [-0.2, 0) is 23.8 Å². The van der Waals surface area contributed by atoms with Gasteiger partial charge in [-0.15, -0.1) is 0 Å². The molecule has 2 rings (SSSR count). The minimum atomic E-state index is -1.27. The first kappa shape index (κ1) is 18.5. The predicted molar refractivity (Wildman–Crippen MR) is 89.6 cm³/mol. The highest BCUT2D eigenvalue weighted by atomic mass is 16.7. The summed E-state index contributed by atoms with van der Waals surface area (Å²) in [5.74, 6) is -3.18.